The maximum absolute atomic E-state index is 5.91. The molecule has 0 amide bonds. The van der Waals surface area contributed by atoms with Crippen LogP contribution >= 0.6 is 0 Å². The molecule has 112 valence electrons. The molecular weight excluding hydrogens is 266 g/mol. The van der Waals surface area contributed by atoms with Gasteiger partial charge in [0.15, 0.2) is 0 Å². The first-order valence-electron chi connectivity index (χ1n) is 7.43. The van der Waals surface area contributed by atoms with E-state index in [1.54, 1.807) is 11.0 Å². The normalized spacial score (nSPS) is 25.7. The van der Waals surface area contributed by atoms with Crippen molar-refractivity contribution >= 4 is 5.69 Å². The van der Waals surface area contributed by atoms with E-state index < -0.39 is 0 Å². The summed E-state index contributed by atoms with van der Waals surface area (Å²) in [5.41, 5.74) is 1.99. The molecule has 1 aliphatic heterocycles. The summed E-state index contributed by atoms with van der Waals surface area (Å²) in [6.45, 7) is 5.17. The highest BCUT2D eigenvalue weighted by atomic mass is 16.5. The lowest BCUT2D eigenvalue weighted by molar-refractivity contribution is -0.0708. The molecule has 1 saturated heterocycles. The highest BCUT2D eigenvalue weighted by Gasteiger charge is 2.31. The number of ether oxygens (including phenoxy) is 1. The van der Waals surface area contributed by atoms with E-state index in [4.69, 9.17) is 4.74 Å². The Morgan fingerprint density at radius 3 is 3.05 bits per heavy atom. The predicted octanol–water partition coefficient (Wildman–Crippen LogP) is 2.42. The highest BCUT2D eigenvalue weighted by molar-refractivity contribution is 5.60. The quantitative estimate of drug-likeness (QED) is 0.935. The Morgan fingerprint density at radius 2 is 2.29 bits per heavy atom. The van der Waals surface area contributed by atoms with Crippen LogP contribution in [0.15, 0.2) is 30.6 Å². The van der Waals surface area contributed by atoms with Crippen LogP contribution < -0.4 is 5.32 Å². The third-order valence-corrected chi connectivity index (χ3v) is 4.20. The third-order valence-electron chi connectivity index (χ3n) is 4.20. The van der Waals surface area contributed by atoms with Gasteiger partial charge in [-0.1, -0.05) is 19.1 Å². The van der Waals surface area contributed by atoms with E-state index in [-0.39, 0.29) is 5.60 Å². The number of para-hydroxylation sites is 2. The molecule has 1 aliphatic rings. The molecule has 2 aromatic rings. The van der Waals surface area contributed by atoms with Crippen molar-refractivity contribution in [3.8, 4) is 5.69 Å². The Hall–Kier alpha value is -1.95. The van der Waals surface area contributed by atoms with E-state index in [0.717, 1.165) is 37.2 Å². The average molecular weight is 287 g/mol. The summed E-state index contributed by atoms with van der Waals surface area (Å²) in [7, 11) is 0. The number of hydrogen-bond donors (Lipinski definition) is 1. The van der Waals surface area contributed by atoms with Gasteiger partial charge in [-0.2, -0.15) is 4.68 Å². The number of anilines is 1. The lowest BCUT2D eigenvalue weighted by Crippen LogP contribution is -2.42. The Labute approximate surface area is 124 Å². The molecule has 1 fully saturated rings. The van der Waals surface area contributed by atoms with E-state index in [9.17, 15) is 0 Å². The van der Waals surface area contributed by atoms with Gasteiger partial charge in [-0.05, 0) is 48.7 Å². The first-order chi connectivity index (χ1) is 10.2. The molecule has 2 heterocycles. The standard InChI is InChI=1S/C15H21N5O/c1-3-15(2)10-12(8-9-21-15)17-13-6-4-5-7-14(13)20-11-16-18-19-20/h4-7,11-12,17H,3,8-10H2,1-2H3. The van der Waals surface area contributed by atoms with Gasteiger partial charge >= 0.3 is 0 Å². The Balaban J connectivity index is 1.79. The highest BCUT2D eigenvalue weighted by Crippen LogP contribution is 2.30. The van der Waals surface area contributed by atoms with Crippen molar-refractivity contribution in [2.24, 2.45) is 0 Å². The average Bonchev–Trinajstić information content (AvgIpc) is 3.02. The molecular formula is C15H21N5O. The van der Waals surface area contributed by atoms with Gasteiger partial charge in [0.1, 0.15) is 6.33 Å². The fourth-order valence-electron chi connectivity index (χ4n) is 2.79. The van der Waals surface area contributed by atoms with Gasteiger partial charge < -0.3 is 10.1 Å². The van der Waals surface area contributed by atoms with Crippen LogP contribution in [-0.4, -0.2) is 38.5 Å². The van der Waals surface area contributed by atoms with Crippen LogP contribution in [0.2, 0.25) is 0 Å². The van der Waals surface area contributed by atoms with Crippen LogP contribution in [0, 0.1) is 0 Å². The van der Waals surface area contributed by atoms with Crippen molar-refractivity contribution in [1.29, 1.82) is 0 Å². The van der Waals surface area contributed by atoms with Gasteiger partial charge in [-0.25, -0.2) is 0 Å². The number of nitrogens with zero attached hydrogens (tertiary/aromatic N) is 4. The number of benzene rings is 1. The lowest BCUT2D eigenvalue weighted by Gasteiger charge is -2.38. The number of aromatic nitrogens is 4. The number of rotatable bonds is 4. The van der Waals surface area contributed by atoms with Gasteiger partial charge in [0.2, 0.25) is 0 Å². The van der Waals surface area contributed by atoms with Crippen molar-refractivity contribution in [1.82, 2.24) is 20.2 Å². The maximum Gasteiger partial charge on any atom is 0.143 e. The minimum Gasteiger partial charge on any atom is -0.380 e. The van der Waals surface area contributed by atoms with Crippen molar-refractivity contribution in [3.05, 3.63) is 30.6 Å². The molecule has 3 rings (SSSR count). The fourth-order valence-corrected chi connectivity index (χ4v) is 2.79. The lowest BCUT2D eigenvalue weighted by atomic mass is 9.90. The van der Waals surface area contributed by atoms with Gasteiger partial charge in [0.05, 0.1) is 17.0 Å². The Kier molecular flexibility index (Phi) is 3.88. The predicted molar refractivity (Wildman–Crippen MR) is 80.4 cm³/mol. The van der Waals surface area contributed by atoms with Crippen LogP contribution in [0.1, 0.15) is 33.1 Å². The molecule has 0 spiro atoms. The van der Waals surface area contributed by atoms with Crippen LogP contribution in [0.3, 0.4) is 0 Å². The van der Waals surface area contributed by atoms with Crippen molar-refractivity contribution < 1.29 is 4.74 Å². The summed E-state index contributed by atoms with van der Waals surface area (Å²) in [6.07, 6.45) is 4.66. The second-order valence-electron chi connectivity index (χ2n) is 5.76. The zero-order valence-electron chi connectivity index (χ0n) is 12.5. The van der Waals surface area contributed by atoms with Crippen molar-refractivity contribution in [2.75, 3.05) is 11.9 Å². The van der Waals surface area contributed by atoms with Gasteiger partial charge in [-0.15, -0.1) is 5.10 Å². The van der Waals surface area contributed by atoms with Crippen LogP contribution in [-0.2, 0) is 4.74 Å². The minimum absolute atomic E-state index is 0.0281. The van der Waals surface area contributed by atoms with Gasteiger partial charge in [0, 0.05) is 12.6 Å². The van der Waals surface area contributed by atoms with Crippen molar-refractivity contribution in [3.63, 3.8) is 0 Å². The molecule has 0 aliphatic carbocycles. The topological polar surface area (TPSA) is 64.9 Å². The number of tetrazole rings is 1. The fraction of sp³-hybridized carbons (Fsp3) is 0.533. The molecule has 21 heavy (non-hydrogen) atoms. The summed E-state index contributed by atoms with van der Waals surface area (Å²) in [4.78, 5) is 0. The Bertz CT molecular complexity index is 586. The molecule has 1 aromatic heterocycles. The molecule has 0 saturated carbocycles. The second-order valence-corrected chi connectivity index (χ2v) is 5.76. The molecule has 0 bridgehead atoms. The summed E-state index contributed by atoms with van der Waals surface area (Å²) in [6, 6.07) is 8.49. The second kappa shape index (κ2) is 5.81. The van der Waals surface area contributed by atoms with E-state index in [1.165, 1.54) is 0 Å². The van der Waals surface area contributed by atoms with Gasteiger partial charge in [-0.3, -0.25) is 0 Å². The third kappa shape index (κ3) is 3.05. The SMILES string of the molecule is CCC1(C)CC(Nc2ccccc2-n2cnnn2)CCO1. The zero-order chi connectivity index (χ0) is 14.7. The summed E-state index contributed by atoms with van der Waals surface area (Å²) < 4.78 is 7.59. The molecule has 1 N–H and O–H groups in total. The summed E-state index contributed by atoms with van der Waals surface area (Å²) in [5.74, 6) is 0. The zero-order valence-corrected chi connectivity index (χ0v) is 12.5. The molecule has 6 nitrogen and oxygen atoms in total. The van der Waals surface area contributed by atoms with Crippen molar-refractivity contribution in [2.45, 2.75) is 44.8 Å². The monoisotopic (exact) mass is 287 g/mol. The summed E-state index contributed by atoms with van der Waals surface area (Å²) >= 11 is 0. The molecule has 2 unspecified atom stereocenters. The van der Waals surface area contributed by atoms with Crippen LogP contribution in [0.5, 0.6) is 0 Å². The van der Waals surface area contributed by atoms with Crippen LogP contribution in [0.4, 0.5) is 5.69 Å². The van der Waals surface area contributed by atoms with E-state index in [2.05, 4.69) is 40.8 Å². The molecule has 1 aromatic carbocycles. The maximum atomic E-state index is 5.91. The molecule has 6 heteroatoms. The van der Waals surface area contributed by atoms with E-state index in [0.29, 0.717) is 6.04 Å². The summed E-state index contributed by atoms with van der Waals surface area (Å²) in [5, 5.41) is 15.0. The molecule has 2 atom stereocenters. The van der Waals surface area contributed by atoms with Gasteiger partial charge in [0.25, 0.3) is 0 Å². The first kappa shape index (κ1) is 14.0. The minimum atomic E-state index is -0.0281. The van der Waals surface area contributed by atoms with Crippen LogP contribution in [0.25, 0.3) is 5.69 Å². The Morgan fingerprint density at radius 1 is 1.43 bits per heavy atom. The largest absolute Gasteiger partial charge is 0.380 e. The first-order valence-corrected chi connectivity index (χ1v) is 7.43. The van der Waals surface area contributed by atoms with E-state index in [1.807, 2.05) is 18.2 Å². The molecule has 0 radical (unpaired) electrons. The number of nitrogens with one attached hydrogen (secondary N) is 1. The smallest absolute Gasteiger partial charge is 0.143 e. The number of hydrogen-bond acceptors (Lipinski definition) is 5. The van der Waals surface area contributed by atoms with E-state index >= 15 is 0 Å².